The van der Waals surface area contributed by atoms with Crippen LogP contribution in [0, 0.1) is 0 Å². The number of carbonyl (C=O) groups excluding carboxylic acids is 2. The summed E-state index contributed by atoms with van der Waals surface area (Å²) in [6.45, 7) is 3.67. The third-order valence-corrected chi connectivity index (χ3v) is 4.40. The molecule has 1 atom stereocenters. The van der Waals surface area contributed by atoms with Gasteiger partial charge in [0.25, 0.3) is 0 Å². The standard InChI is InChI=1S/C23H26F3NO5/c1-15(2)32-20(21(28)30-3)12-17-5-4-6-18(11-17)13-27-22(29)31-14-16-7-9-19(10-8-16)23(24,25)26/h4-11,15,20H,12-14H2,1-3H3,(H,27,29)/t20-/m0/s1. The smallest absolute Gasteiger partial charge is 0.416 e. The van der Waals surface area contributed by atoms with Gasteiger partial charge in [-0.2, -0.15) is 13.2 Å². The second-order valence-corrected chi connectivity index (χ2v) is 7.35. The van der Waals surface area contributed by atoms with E-state index in [0.29, 0.717) is 12.0 Å². The van der Waals surface area contributed by atoms with Gasteiger partial charge in [0.1, 0.15) is 6.61 Å². The lowest BCUT2D eigenvalue weighted by atomic mass is 10.0. The number of carbonyl (C=O) groups is 2. The van der Waals surface area contributed by atoms with Crippen LogP contribution in [-0.2, 0) is 44.8 Å². The number of ether oxygens (including phenoxy) is 3. The summed E-state index contributed by atoms with van der Waals surface area (Å²) >= 11 is 0. The van der Waals surface area contributed by atoms with Crippen LogP contribution in [0.5, 0.6) is 0 Å². The molecule has 0 unspecified atom stereocenters. The molecule has 0 spiro atoms. The number of methoxy groups -OCH3 is 1. The maximum absolute atomic E-state index is 12.6. The molecule has 0 aliphatic heterocycles. The predicted molar refractivity (Wildman–Crippen MR) is 111 cm³/mol. The summed E-state index contributed by atoms with van der Waals surface area (Å²) in [7, 11) is 1.30. The van der Waals surface area contributed by atoms with Crippen LogP contribution in [-0.4, -0.2) is 31.4 Å². The SMILES string of the molecule is COC(=O)[C@H](Cc1cccc(CNC(=O)OCc2ccc(C(F)(F)F)cc2)c1)OC(C)C. The number of amides is 1. The van der Waals surface area contributed by atoms with Crippen molar-refractivity contribution in [1.82, 2.24) is 5.32 Å². The molecule has 0 aliphatic carbocycles. The van der Waals surface area contributed by atoms with Crippen LogP contribution in [0.15, 0.2) is 48.5 Å². The van der Waals surface area contributed by atoms with Crippen molar-refractivity contribution in [2.45, 2.75) is 51.8 Å². The average Bonchev–Trinajstić information content (AvgIpc) is 2.75. The van der Waals surface area contributed by atoms with Gasteiger partial charge in [0.05, 0.1) is 18.8 Å². The monoisotopic (exact) mass is 453 g/mol. The van der Waals surface area contributed by atoms with Gasteiger partial charge >= 0.3 is 18.2 Å². The summed E-state index contributed by atoms with van der Waals surface area (Å²) < 4.78 is 53.2. The Bertz CT molecular complexity index is 897. The molecular formula is C23H26F3NO5. The summed E-state index contributed by atoms with van der Waals surface area (Å²) in [6, 6.07) is 11.7. The first-order valence-electron chi connectivity index (χ1n) is 9.96. The van der Waals surface area contributed by atoms with Crippen molar-refractivity contribution in [2.24, 2.45) is 0 Å². The van der Waals surface area contributed by atoms with E-state index in [9.17, 15) is 22.8 Å². The van der Waals surface area contributed by atoms with E-state index in [1.807, 2.05) is 26.0 Å². The highest BCUT2D eigenvalue weighted by Crippen LogP contribution is 2.29. The molecule has 0 heterocycles. The number of halogens is 3. The van der Waals surface area contributed by atoms with Crippen LogP contribution < -0.4 is 5.32 Å². The van der Waals surface area contributed by atoms with Crippen LogP contribution in [0.25, 0.3) is 0 Å². The largest absolute Gasteiger partial charge is 0.467 e. The second kappa shape index (κ2) is 11.5. The fourth-order valence-electron chi connectivity index (χ4n) is 2.89. The van der Waals surface area contributed by atoms with E-state index in [1.165, 1.54) is 19.2 Å². The van der Waals surface area contributed by atoms with Crippen molar-refractivity contribution in [3.05, 3.63) is 70.8 Å². The Hall–Kier alpha value is -3.07. The van der Waals surface area contributed by atoms with Gasteiger partial charge in [-0.3, -0.25) is 0 Å². The Balaban J connectivity index is 1.87. The Labute approximate surface area is 184 Å². The molecule has 0 aromatic heterocycles. The number of nitrogens with one attached hydrogen (secondary N) is 1. The van der Waals surface area contributed by atoms with Crippen molar-refractivity contribution in [3.8, 4) is 0 Å². The molecule has 1 N–H and O–H groups in total. The van der Waals surface area contributed by atoms with Crippen LogP contribution in [0.3, 0.4) is 0 Å². The molecular weight excluding hydrogens is 427 g/mol. The van der Waals surface area contributed by atoms with Crippen molar-refractivity contribution >= 4 is 12.1 Å². The molecule has 2 rings (SSSR count). The summed E-state index contributed by atoms with van der Waals surface area (Å²) in [4.78, 5) is 23.9. The van der Waals surface area contributed by atoms with Gasteiger partial charge in [-0.25, -0.2) is 9.59 Å². The second-order valence-electron chi connectivity index (χ2n) is 7.35. The van der Waals surface area contributed by atoms with E-state index in [4.69, 9.17) is 14.2 Å². The van der Waals surface area contributed by atoms with Crippen LogP contribution in [0.2, 0.25) is 0 Å². The number of alkyl halides is 3. The lowest BCUT2D eigenvalue weighted by molar-refractivity contribution is -0.156. The van der Waals surface area contributed by atoms with Gasteiger partial charge < -0.3 is 19.5 Å². The third kappa shape index (κ3) is 8.22. The van der Waals surface area contributed by atoms with Crippen molar-refractivity contribution in [2.75, 3.05) is 7.11 Å². The number of hydrogen-bond donors (Lipinski definition) is 1. The molecule has 0 aliphatic rings. The molecule has 32 heavy (non-hydrogen) atoms. The molecule has 174 valence electrons. The molecule has 0 radical (unpaired) electrons. The Morgan fingerprint density at radius 1 is 1.00 bits per heavy atom. The van der Waals surface area contributed by atoms with Crippen LogP contribution in [0.4, 0.5) is 18.0 Å². The van der Waals surface area contributed by atoms with Crippen LogP contribution in [0.1, 0.15) is 36.1 Å². The molecule has 0 saturated carbocycles. The normalized spacial score (nSPS) is 12.3. The zero-order valence-corrected chi connectivity index (χ0v) is 18.1. The predicted octanol–water partition coefficient (Wildman–Crippen LogP) is 4.64. The number of benzene rings is 2. The van der Waals surface area contributed by atoms with E-state index in [-0.39, 0.29) is 19.3 Å². The van der Waals surface area contributed by atoms with Gasteiger partial charge in [0.15, 0.2) is 6.10 Å². The number of rotatable bonds is 9. The summed E-state index contributed by atoms with van der Waals surface area (Å²) in [6.07, 6.45) is -5.69. The van der Waals surface area contributed by atoms with E-state index in [1.54, 1.807) is 12.1 Å². The molecule has 6 nitrogen and oxygen atoms in total. The quantitative estimate of drug-likeness (QED) is 0.560. The lowest BCUT2D eigenvalue weighted by Gasteiger charge is -2.18. The Morgan fingerprint density at radius 2 is 1.66 bits per heavy atom. The van der Waals surface area contributed by atoms with Gasteiger partial charge in [-0.15, -0.1) is 0 Å². The van der Waals surface area contributed by atoms with Gasteiger partial charge in [-0.05, 0) is 42.7 Å². The highest BCUT2D eigenvalue weighted by molar-refractivity contribution is 5.75. The zero-order valence-electron chi connectivity index (χ0n) is 18.1. The van der Waals surface area contributed by atoms with E-state index >= 15 is 0 Å². The summed E-state index contributed by atoms with van der Waals surface area (Å²) in [5, 5.41) is 2.59. The van der Waals surface area contributed by atoms with Gasteiger partial charge in [0, 0.05) is 13.0 Å². The minimum Gasteiger partial charge on any atom is -0.467 e. The average molecular weight is 453 g/mol. The van der Waals surface area contributed by atoms with E-state index in [0.717, 1.165) is 23.3 Å². The van der Waals surface area contributed by atoms with E-state index < -0.39 is 29.9 Å². The molecule has 2 aromatic rings. The van der Waals surface area contributed by atoms with Gasteiger partial charge in [-0.1, -0.05) is 36.4 Å². The molecule has 0 bridgehead atoms. The Morgan fingerprint density at radius 3 is 2.25 bits per heavy atom. The summed E-state index contributed by atoms with van der Waals surface area (Å²) in [5.41, 5.74) is 1.29. The number of alkyl carbamates (subject to hydrolysis) is 1. The van der Waals surface area contributed by atoms with E-state index in [2.05, 4.69) is 5.32 Å². The number of hydrogen-bond acceptors (Lipinski definition) is 5. The maximum Gasteiger partial charge on any atom is 0.416 e. The first-order valence-corrected chi connectivity index (χ1v) is 9.96. The van der Waals surface area contributed by atoms with Gasteiger partial charge in [0.2, 0.25) is 0 Å². The minimum atomic E-state index is -4.41. The molecule has 9 heteroatoms. The van der Waals surface area contributed by atoms with Crippen molar-refractivity contribution < 1.29 is 37.0 Å². The first-order chi connectivity index (χ1) is 15.1. The van der Waals surface area contributed by atoms with Crippen molar-refractivity contribution in [1.29, 1.82) is 0 Å². The topological polar surface area (TPSA) is 73.9 Å². The maximum atomic E-state index is 12.6. The molecule has 0 fully saturated rings. The minimum absolute atomic E-state index is 0.150. The molecule has 2 aromatic carbocycles. The highest BCUT2D eigenvalue weighted by Gasteiger charge is 2.30. The fourth-order valence-corrected chi connectivity index (χ4v) is 2.89. The fraction of sp³-hybridized carbons (Fsp3) is 0.391. The third-order valence-electron chi connectivity index (χ3n) is 4.40. The number of esters is 1. The summed E-state index contributed by atoms with van der Waals surface area (Å²) in [5.74, 6) is -0.464. The Kier molecular flexibility index (Phi) is 9.07. The highest BCUT2D eigenvalue weighted by atomic mass is 19.4. The van der Waals surface area contributed by atoms with Crippen LogP contribution >= 0.6 is 0 Å². The molecule has 1 amide bonds. The molecule has 0 saturated heterocycles. The first kappa shape index (κ1) is 25.2. The zero-order chi connectivity index (χ0) is 23.7. The lowest BCUT2D eigenvalue weighted by Crippen LogP contribution is -2.30. The van der Waals surface area contributed by atoms with Crippen molar-refractivity contribution in [3.63, 3.8) is 0 Å².